The predicted molar refractivity (Wildman–Crippen MR) is 55.0 cm³/mol. The van der Waals surface area contributed by atoms with Crippen molar-refractivity contribution in [2.45, 2.75) is 13.5 Å². The summed E-state index contributed by atoms with van der Waals surface area (Å²) < 4.78 is 4.88. The third kappa shape index (κ3) is 4.14. The van der Waals surface area contributed by atoms with E-state index in [1.165, 1.54) is 0 Å². The van der Waals surface area contributed by atoms with E-state index in [0.29, 0.717) is 0 Å². The number of aryl methyl sites for hydroxylation is 1. The zero-order chi connectivity index (χ0) is 11.1. The molecule has 78 valence electrons. The first-order valence-electron chi connectivity index (χ1n) is 4.55. The van der Waals surface area contributed by atoms with Crippen LogP contribution in [0.15, 0.2) is 24.3 Å². The fraction of sp³-hybridized carbons (Fsp3) is 0.273. The molecular formula is C11H12N2O2. The highest BCUT2D eigenvalue weighted by Crippen LogP contribution is 2.05. The van der Waals surface area contributed by atoms with Gasteiger partial charge in [-0.2, -0.15) is 5.26 Å². The third-order valence-corrected chi connectivity index (χ3v) is 1.76. The fourth-order valence-electron chi connectivity index (χ4n) is 1.11. The van der Waals surface area contributed by atoms with Crippen LogP contribution in [0, 0.1) is 18.3 Å². The quantitative estimate of drug-likeness (QED) is 0.763. The van der Waals surface area contributed by atoms with Crippen LogP contribution in [0.25, 0.3) is 0 Å². The van der Waals surface area contributed by atoms with Crippen molar-refractivity contribution in [1.82, 2.24) is 5.32 Å². The van der Waals surface area contributed by atoms with E-state index >= 15 is 0 Å². The SMILES string of the molecule is Cc1cccc(COC(=O)NCC#N)c1. The summed E-state index contributed by atoms with van der Waals surface area (Å²) in [4.78, 5) is 11.0. The summed E-state index contributed by atoms with van der Waals surface area (Å²) in [6, 6.07) is 9.49. The van der Waals surface area contributed by atoms with Crippen LogP contribution in [0.3, 0.4) is 0 Å². The lowest BCUT2D eigenvalue weighted by Gasteiger charge is -2.05. The zero-order valence-electron chi connectivity index (χ0n) is 8.49. The second kappa shape index (κ2) is 5.66. The van der Waals surface area contributed by atoms with Gasteiger partial charge in [-0.25, -0.2) is 4.79 Å². The van der Waals surface area contributed by atoms with E-state index in [9.17, 15) is 4.79 Å². The van der Waals surface area contributed by atoms with Crippen LogP contribution in [0.2, 0.25) is 0 Å². The van der Waals surface area contributed by atoms with Crippen LogP contribution < -0.4 is 5.32 Å². The number of amides is 1. The van der Waals surface area contributed by atoms with Gasteiger partial charge in [-0.05, 0) is 12.5 Å². The maximum atomic E-state index is 11.0. The van der Waals surface area contributed by atoms with Gasteiger partial charge in [0.15, 0.2) is 0 Å². The highest BCUT2D eigenvalue weighted by atomic mass is 16.5. The average Bonchev–Trinajstić information content (AvgIpc) is 2.23. The molecule has 4 heteroatoms. The molecule has 0 aliphatic rings. The molecule has 1 rings (SSSR count). The van der Waals surface area contributed by atoms with Gasteiger partial charge in [0, 0.05) is 0 Å². The molecule has 0 aliphatic heterocycles. The topological polar surface area (TPSA) is 62.1 Å². The molecule has 0 heterocycles. The van der Waals surface area contributed by atoms with Gasteiger partial charge >= 0.3 is 6.09 Å². The summed E-state index contributed by atoms with van der Waals surface area (Å²) in [5.41, 5.74) is 2.05. The maximum absolute atomic E-state index is 11.0. The van der Waals surface area contributed by atoms with Crippen molar-refractivity contribution < 1.29 is 9.53 Å². The van der Waals surface area contributed by atoms with Gasteiger partial charge in [0.1, 0.15) is 13.2 Å². The minimum absolute atomic E-state index is 0.0351. The Morgan fingerprint density at radius 3 is 3.07 bits per heavy atom. The molecule has 0 radical (unpaired) electrons. The number of nitriles is 1. The number of rotatable bonds is 3. The third-order valence-electron chi connectivity index (χ3n) is 1.76. The summed E-state index contributed by atoms with van der Waals surface area (Å²) in [5.74, 6) is 0. The number of nitrogens with zero attached hydrogens (tertiary/aromatic N) is 1. The van der Waals surface area contributed by atoms with Crippen LogP contribution in [0.5, 0.6) is 0 Å². The largest absolute Gasteiger partial charge is 0.445 e. The molecule has 1 N–H and O–H groups in total. The van der Waals surface area contributed by atoms with Crippen molar-refractivity contribution in [3.8, 4) is 6.07 Å². The van der Waals surface area contributed by atoms with Crippen LogP contribution in [-0.2, 0) is 11.3 Å². The van der Waals surface area contributed by atoms with E-state index in [-0.39, 0.29) is 13.2 Å². The molecule has 0 aromatic heterocycles. The van der Waals surface area contributed by atoms with Crippen molar-refractivity contribution in [2.75, 3.05) is 6.54 Å². The molecule has 1 aromatic rings. The molecule has 0 atom stereocenters. The van der Waals surface area contributed by atoms with E-state index in [1.807, 2.05) is 31.2 Å². The smallest absolute Gasteiger partial charge is 0.408 e. The standard InChI is InChI=1S/C11H12N2O2/c1-9-3-2-4-10(7-9)8-15-11(14)13-6-5-12/h2-4,7H,6,8H2,1H3,(H,13,14). The number of carbonyl (C=O) groups is 1. The lowest BCUT2D eigenvalue weighted by molar-refractivity contribution is 0.141. The first-order valence-corrected chi connectivity index (χ1v) is 4.55. The van der Waals surface area contributed by atoms with E-state index in [0.717, 1.165) is 11.1 Å². The second-order valence-corrected chi connectivity index (χ2v) is 3.08. The molecule has 0 fully saturated rings. The first kappa shape index (κ1) is 11.1. The molecule has 1 aromatic carbocycles. The Bertz CT molecular complexity index is 382. The van der Waals surface area contributed by atoms with Crippen molar-refractivity contribution in [1.29, 1.82) is 5.26 Å². The van der Waals surface area contributed by atoms with Gasteiger partial charge in [0.2, 0.25) is 0 Å². The Morgan fingerprint density at radius 2 is 2.40 bits per heavy atom. The maximum Gasteiger partial charge on any atom is 0.408 e. The van der Waals surface area contributed by atoms with Crippen LogP contribution in [0.1, 0.15) is 11.1 Å². The van der Waals surface area contributed by atoms with Crippen molar-refractivity contribution >= 4 is 6.09 Å². The van der Waals surface area contributed by atoms with E-state index < -0.39 is 6.09 Å². The predicted octanol–water partition coefficient (Wildman–Crippen LogP) is 1.74. The Kier molecular flexibility index (Phi) is 4.17. The minimum atomic E-state index is -0.571. The fourth-order valence-corrected chi connectivity index (χ4v) is 1.11. The zero-order valence-corrected chi connectivity index (χ0v) is 8.49. The number of hydrogen-bond acceptors (Lipinski definition) is 3. The van der Waals surface area contributed by atoms with Gasteiger partial charge in [0.05, 0.1) is 6.07 Å². The number of alkyl carbamates (subject to hydrolysis) is 1. The Balaban J connectivity index is 2.37. The highest BCUT2D eigenvalue weighted by Gasteiger charge is 2.00. The number of carbonyl (C=O) groups excluding carboxylic acids is 1. The van der Waals surface area contributed by atoms with Gasteiger partial charge in [0.25, 0.3) is 0 Å². The first-order chi connectivity index (χ1) is 7.22. The molecule has 1 amide bonds. The lowest BCUT2D eigenvalue weighted by Crippen LogP contribution is -2.24. The molecule has 0 spiro atoms. The summed E-state index contributed by atoms with van der Waals surface area (Å²) in [7, 11) is 0. The van der Waals surface area contributed by atoms with Gasteiger partial charge in [-0.3, -0.25) is 0 Å². The Hall–Kier alpha value is -2.02. The second-order valence-electron chi connectivity index (χ2n) is 3.08. The number of nitrogens with one attached hydrogen (secondary N) is 1. The van der Waals surface area contributed by atoms with E-state index in [4.69, 9.17) is 10.00 Å². The summed E-state index contributed by atoms with van der Waals surface area (Å²) in [6.45, 7) is 2.16. The highest BCUT2D eigenvalue weighted by molar-refractivity contribution is 5.67. The van der Waals surface area contributed by atoms with Crippen molar-refractivity contribution in [3.05, 3.63) is 35.4 Å². The molecule has 0 unspecified atom stereocenters. The van der Waals surface area contributed by atoms with Gasteiger partial charge in [-0.15, -0.1) is 0 Å². The van der Waals surface area contributed by atoms with Gasteiger partial charge < -0.3 is 10.1 Å². The molecule has 0 saturated carbocycles. The minimum Gasteiger partial charge on any atom is -0.445 e. The van der Waals surface area contributed by atoms with Crippen molar-refractivity contribution in [3.63, 3.8) is 0 Å². The molecule has 4 nitrogen and oxygen atoms in total. The molecular weight excluding hydrogens is 192 g/mol. The van der Waals surface area contributed by atoms with E-state index in [1.54, 1.807) is 6.07 Å². The molecule has 15 heavy (non-hydrogen) atoms. The molecule has 0 saturated heterocycles. The van der Waals surface area contributed by atoms with Crippen LogP contribution >= 0.6 is 0 Å². The summed E-state index contributed by atoms with van der Waals surface area (Å²) >= 11 is 0. The Labute approximate surface area is 88.5 Å². The van der Waals surface area contributed by atoms with E-state index in [2.05, 4.69) is 5.32 Å². The number of hydrogen-bond donors (Lipinski definition) is 1. The van der Waals surface area contributed by atoms with Crippen molar-refractivity contribution in [2.24, 2.45) is 0 Å². The summed E-state index contributed by atoms with van der Waals surface area (Å²) in [5, 5.41) is 10.5. The number of ether oxygens (including phenoxy) is 1. The van der Waals surface area contributed by atoms with Crippen LogP contribution in [-0.4, -0.2) is 12.6 Å². The number of benzene rings is 1. The molecule has 0 bridgehead atoms. The van der Waals surface area contributed by atoms with Crippen LogP contribution in [0.4, 0.5) is 4.79 Å². The van der Waals surface area contributed by atoms with Gasteiger partial charge in [-0.1, -0.05) is 29.8 Å². The normalized spacial score (nSPS) is 9.07. The lowest BCUT2D eigenvalue weighted by atomic mass is 10.1. The average molecular weight is 204 g/mol. The molecule has 0 aliphatic carbocycles. The summed E-state index contributed by atoms with van der Waals surface area (Å²) in [6.07, 6.45) is -0.571. The Morgan fingerprint density at radius 1 is 1.60 bits per heavy atom. The monoisotopic (exact) mass is 204 g/mol.